The van der Waals surface area contributed by atoms with Crippen molar-refractivity contribution < 1.29 is 22.7 Å². The lowest BCUT2D eigenvalue weighted by Gasteiger charge is -2.26. The van der Waals surface area contributed by atoms with Gasteiger partial charge in [-0.25, -0.2) is 14.8 Å². The zero-order valence-electron chi connectivity index (χ0n) is 16.5. The molecule has 29 heavy (non-hydrogen) atoms. The fourth-order valence-corrected chi connectivity index (χ4v) is 5.09. The molecule has 2 saturated heterocycles. The molecule has 0 aliphatic carbocycles. The minimum absolute atomic E-state index is 0.241. The standard InChI is InChI=1S/C19H23F3N4O2S/c1-18(2,3)28-17(27)26-8-11-6-25(7-12(11)9-26)15-14-4-13(5-19(20,21)22)29-16(14)24-10-23-15/h4,10-12H,5-9H2,1-3H3. The van der Waals surface area contributed by atoms with E-state index < -0.39 is 18.2 Å². The van der Waals surface area contributed by atoms with Crippen LogP contribution in [0.4, 0.5) is 23.8 Å². The van der Waals surface area contributed by atoms with Gasteiger partial charge in [-0.2, -0.15) is 13.2 Å². The number of thiophene rings is 1. The molecule has 2 aromatic rings. The Kier molecular flexibility index (Phi) is 4.87. The molecule has 4 rings (SSSR count). The van der Waals surface area contributed by atoms with E-state index in [1.54, 1.807) is 11.0 Å². The van der Waals surface area contributed by atoms with Gasteiger partial charge in [0.25, 0.3) is 0 Å². The van der Waals surface area contributed by atoms with E-state index in [4.69, 9.17) is 4.74 Å². The maximum atomic E-state index is 12.7. The molecule has 1 amide bonds. The van der Waals surface area contributed by atoms with Crippen LogP contribution in [0.5, 0.6) is 0 Å². The Morgan fingerprint density at radius 3 is 2.41 bits per heavy atom. The van der Waals surface area contributed by atoms with Crippen molar-refractivity contribution >= 4 is 33.5 Å². The van der Waals surface area contributed by atoms with Crippen molar-refractivity contribution in [2.75, 3.05) is 31.1 Å². The lowest BCUT2D eigenvalue weighted by Crippen LogP contribution is -2.37. The Bertz CT molecular complexity index is 910. The fourth-order valence-electron chi connectivity index (χ4n) is 4.07. The number of ether oxygens (including phenoxy) is 1. The van der Waals surface area contributed by atoms with Gasteiger partial charge in [0.15, 0.2) is 0 Å². The summed E-state index contributed by atoms with van der Waals surface area (Å²) in [7, 11) is 0. The molecule has 2 atom stereocenters. The van der Waals surface area contributed by atoms with Crippen molar-refractivity contribution in [2.45, 2.75) is 39.0 Å². The van der Waals surface area contributed by atoms with Crippen LogP contribution in [0.2, 0.25) is 0 Å². The van der Waals surface area contributed by atoms with Crippen LogP contribution in [0.15, 0.2) is 12.4 Å². The summed E-state index contributed by atoms with van der Waals surface area (Å²) >= 11 is 1.06. The number of nitrogens with zero attached hydrogens (tertiary/aromatic N) is 4. The summed E-state index contributed by atoms with van der Waals surface area (Å²) in [5, 5.41) is 0.667. The fraction of sp³-hybridized carbons (Fsp3) is 0.632. The van der Waals surface area contributed by atoms with Crippen molar-refractivity contribution in [1.29, 1.82) is 0 Å². The van der Waals surface area contributed by atoms with Gasteiger partial charge in [-0.05, 0) is 26.8 Å². The van der Waals surface area contributed by atoms with Gasteiger partial charge in [0.1, 0.15) is 22.6 Å². The molecule has 2 aromatic heterocycles. The van der Waals surface area contributed by atoms with E-state index in [0.717, 1.165) is 11.3 Å². The van der Waals surface area contributed by atoms with E-state index in [9.17, 15) is 18.0 Å². The number of likely N-dealkylation sites (tertiary alicyclic amines) is 1. The maximum absolute atomic E-state index is 12.7. The normalized spacial score (nSPS) is 22.4. The molecule has 0 saturated carbocycles. The van der Waals surface area contributed by atoms with Crippen LogP contribution in [0.3, 0.4) is 0 Å². The van der Waals surface area contributed by atoms with Crippen molar-refractivity contribution in [2.24, 2.45) is 11.8 Å². The minimum Gasteiger partial charge on any atom is -0.444 e. The first-order valence-electron chi connectivity index (χ1n) is 9.51. The van der Waals surface area contributed by atoms with Gasteiger partial charge < -0.3 is 14.5 Å². The molecule has 158 valence electrons. The molecule has 2 fully saturated rings. The van der Waals surface area contributed by atoms with E-state index >= 15 is 0 Å². The Balaban J connectivity index is 1.47. The number of amides is 1. The summed E-state index contributed by atoms with van der Waals surface area (Å²) in [6.45, 7) is 8.19. The molecule has 2 unspecified atom stereocenters. The Morgan fingerprint density at radius 2 is 1.83 bits per heavy atom. The molecular weight excluding hydrogens is 405 g/mol. The number of carbonyl (C=O) groups is 1. The molecule has 6 nitrogen and oxygen atoms in total. The van der Waals surface area contributed by atoms with E-state index in [0.29, 0.717) is 54.0 Å². The van der Waals surface area contributed by atoms with E-state index in [1.807, 2.05) is 20.8 Å². The van der Waals surface area contributed by atoms with E-state index in [1.165, 1.54) is 6.33 Å². The SMILES string of the molecule is CC(C)(C)OC(=O)N1CC2CN(c3ncnc4sc(CC(F)(F)F)cc34)CC2C1. The lowest BCUT2D eigenvalue weighted by atomic mass is 10.0. The second-order valence-corrected chi connectivity index (χ2v) is 9.85. The minimum atomic E-state index is -4.25. The second-order valence-electron chi connectivity index (χ2n) is 8.73. The largest absolute Gasteiger partial charge is 0.444 e. The number of aromatic nitrogens is 2. The predicted octanol–water partition coefficient (Wildman–Crippen LogP) is 4.10. The van der Waals surface area contributed by atoms with Crippen molar-refractivity contribution in [3.8, 4) is 0 Å². The van der Waals surface area contributed by atoms with Crippen LogP contribution >= 0.6 is 11.3 Å². The first-order chi connectivity index (χ1) is 13.5. The Morgan fingerprint density at radius 1 is 1.17 bits per heavy atom. The Hall–Kier alpha value is -2.10. The molecule has 0 radical (unpaired) electrons. The lowest BCUT2D eigenvalue weighted by molar-refractivity contribution is -0.126. The number of carbonyl (C=O) groups excluding carboxylic acids is 1. The van der Waals surface area contributed by atoms with Gasteiger partial charge in [-0.1, -0.05) is 0 Å². The molecule has 10 heteroatoms. The van der Waals surface area contributed by atoms with Crippen LogP contribution in [0.25, 0.3) is 10.2 Å². The number of alkyl halides is 3. The van der Waals surface area contributed by atoms with Crippen molar-refractivity contribution in [1.82, 2.24) is 14.9 Å². The van der Waals surface area contributed by atoms with E-state index in [-0.39, 0.29) is 11.0 Å². The zero-order valence-corrected chi connectivity index (χ0v) is 17.3. The number of hydrogen-bond donors (Lipinski definition) is 0. The highest BCUT2D eigenvalue weighted by atomic mass is 32.1. The van der Waals surface area contributed by atoms with Crippen molar-refractivity contribution in [3.63, 3.8) is 0 Å². The van der Waals surface area contributed by atoms with Gasteiger partial charge in [-0.15, -0.1) is 11.3 Å². The number of fused-ring (bicyclic) bond motifs is 2. The summed E-state index contributed by atoms with van der Waals surface area (Å²) in [6, 6.07) is 1.56. The molecule has 0 bridgehead atoms. The van der Waals surface area contributed by atoms with Crippen LogP contribution < -0.4 is 4.90 Å². The molecular formula is C19H23F3N4O2S. The number of rotatable bonds is 2. The summed E-state index contributed by atoms with van der Waals surface area (Å²) in [4.78, 5) is 25.5. The molecule has 0 spiro atoms. The molecule has 0 N–H and O–H groups in total. The monoisotopic (exact) mass is 428 g/mol. The maximum Gasteiger partial charge on any atom is 0.410 e. The third-order valence-electron chi connectivity index (χ3n) is 5.17. The highest BCUT2D eigenvalue weighted by molar-refractivity contribution is 7.18. The summed E-state index contributed by atoms with van der Waals surface area (Å²) in [6.07, 6.45) is -4.09. The highest BCUT2D eigenvalue weighted by Gasteiger charge is 2.43. The quantitative estimate of drug-likeness (QED) is 0.721. The van der Waals surface area contributed by atoms with Gasteiger partial charge in [0, 0.05) is 42.9 Å². The highest BCUT2D eigenvalue weighted by Crippen LogP contribution is 2.38. The molecule has 4 heterocycles. The van der Waals surface area contributed by atoms with Gasteiger partial charge in [0.05, 0.1) is 11.8 Å². The third kappa shape index (κ3) is 4.41. The average Bonchev–Trinajstić information content (AvgIpc) is 3.22. The topological polar surface area (TPSA) is 58.6 Å². The third-order valence-corrected chi connectivity index (χ3v) is 6.21. The predicted molar refractivity (Wildman–Crippen MR) is 104 cm³/mol. The van der Waals surface area contributed by atoms with Crippen LogP contribution in [0, 0.1) is 11.8 Å². The average molecular weight is 428 g/mol. The van der Waals surface area contributed by atoms with Crippen LogP contribution in [-0.2, 0) is 11.2 Å². The van der Waals surface area contributed by atoms with Crippen LogP contribution in [0.1, 0.15) is 25.6 Å². The number of anilines is 1. The first kappa shape index (κ1) is 20.2. The Labute approximate surface area is 170 Å². The zero-order chi connectivity index (χ0) is 21.0. The van der Waals surface area contributed by atoms with E-state index in [2.05, 4.69) is 14.9 Å². The second kappa shape index (κ2) is 7.00. The number of halogens is 3. The summed E-state index contributed by atoms with van der Waals surface area (Å²) < 4.78 is 43.7. The first-order valence-corrected chi connectivity index (χ1v) is 10.3. The number of hydrogen-bond acceptors (Lipinski definition) is 6. The smallest absolute Gasteiger partial charge is 0.410 e. The molecule has 0 aromatic carbocycles. The molecule has 2 aliphatic rings. The summed E-state index contributed by atoms with van der Waals surface area (Å²) in [5.74, 6) is 1.26. The molecule has 2 aliphatic heterocycles. The van der Waals surface area contributed by atoms with Crippen molar-refractivity contribution in [3.05, 3.63) is 17.3 Å². The van der Waals surface area contributed by atoms with Gasteiger partial charge in [-0.3, -0.25) is 0 Å². The van der Waals surface area contributed by atoms with Gasteiger partial charge >= 0.3 is 12.3 Å². The summed E-state index contributed by atoms with van der Waals surface area (Å²) in [5.41, 5.74) is -0.527. The van der Waals surface area contributed by atoms with Crippen LogP contribution in [-0.4, -0.2) is 58.9 Å². The van der Waals surface area contributed by atoms with Gasteiger partial charge in [0.2, 0.25) is 0 Å².